The Morgan fingerprint density at radius 3 is 2.39 bits per heavy atom. The summed E-state index contributed by atoms with van der Waals surface area (Å²) < 4.78 is 21.6. The lowest BCUT2D eigenvalue weighted by Gasteiger charge is -2.23. The molecule has 3 rings (SSSR count). The molecule has 11 nitrogen and oxygen atoms in total. The van der Waals surface area contributed by atoms with Crippen LogP contribution in [0.25, 0.3) is 11.0 Å². The van der Waals surface area contributed by atoms with Gasteiger partial charge in [0.25, 0.3) is 0 Å². The van der Waals surface area contributed by atoms with Crippen LogP contribution in [0.15, 0.2) is 6.33 Å². The molecule has 28 heavy (non-hydrogen) atoms. The van der Waals surface area contributed by atoms with E-state index >= 15 is 0 Å². The van der Waals surface area contributed by atoms with Crippen LogP contribution in [0.3, 0.4) is 0 Å². The minimum absolute atomic E-state index is 0.127. The van der Waals surface area contributed by atoms with E-state index in [0.29, 0.717) is 16.7 Å². The van der Waals surface area contributed by atoms with E-state index in [-0.39, 0.29) is 11.8 Å². The zero-order chi connectivity index (χ0) is 20.4. The standard InChI is InChI=1S/C16H17ClN4O7/c1-6(22)25-4-9-13(26-7(2)23)15(27-8(3)24)14(28-9)11-10-12(21-20-11)16(17)19-5-18-10/h5,9,13-15H,4H2,1-3H3,(H,20,21)/t9-,13-,14+,15-/m1/s1. The second-order valence-electron chi connectivity index (χ2n) is 6.04. The summed E-state index contributed by atoms with van der Waals surface area (Å²) in [6, 6.07) is 0. The van der Waals surface area contributed by atoms with Crippen LogP contribution < -0.4 is 0 Å². The topological polar surface area (TPSA) is 143 Å². The Bertz CT molecular complexity index is 918. The summed E-state index contributed by atoms with van der Waals surface area (Å²) in [4.78, 5) is 42.4. The molecule has 2 aromatic heterocycles. The number of carbonyl (C=O) groups excluding carboxylic acids is 3. The van der Waals surface area contributed by atoms with E-state index in [4.69, 9.17) is 30.5 Å². The van der Waals surface area contributed by atoms with Crippen molar-refractivity contribution >= 4 is 40.5 Å². The number of fused-ring (bicyclic) bond motifs is 1. The van der Waals surface area contributed by atoms with E-state index in [1.165, 1.54) is 27.1 Å². The van der Waals surface area contributed by atoms with Crippen molar-refractivity contribution in [2.45, 2.75) is 45.2 Å². The minimum atomic E-state index is -1.03. The summed E-state index contributed by atoms with van der Waals surface area (Å²) in [6.45, 7) is 3.45. The SMILES string of the molecule is CC(=O)OC[C@H]1O[C@@H](c2[nH]nc3c(Cl)ncnc23)[C@H](OC(C)=O)[C@@H]1OC(C)=O. The highest BCUT2D eigenvalue weighted by atomic mass is 35.5. The van der Waals surface area contributed by atoms with Crippen molar-refractivity contribution in [3.63, 3.8) is 0 Å². The molecule has 0 aromatic carbocycles. The van der Waals surface area contributed by atoms with Crippen LogP contribution in [-0.4, -0.2) is 63.0 Å². The Kier molecular flexibility index (Phi) is 5.75. The van der Waals surface area contributed by atoms with Crippen molar-refractivity contribution < 1.29 is 33.3 Å². The molecule has 1 aliphatic heterocycles. The van der Waals surface area contributed by atoms with Gasteiger partial charge in [0.15, 0.2) is 17.4 Å². The van der Waals surface area contributed by atoms with Gasteiger partial charge >= 0.3 is 17.9 Å². The molecule has 1 fully saturated rings. The lowest BCUT2D eigenvalue weighted by molar-refractivity contribution is -0.165. The maximum atomic E-state index is 11.7. The highest BCUT2D eigenvalue weighted by molar-refractivity contribution is 6.33. The van der Waals surface area contributed by atoms with Gasteiger partial charge in [-0.05, 0) is 0 Å². The lowest BCUT2D eigenvalue weighted by atomic mass is 10.0. The van der Waals surface area contributed by atoms with Gasteiger partial charge in [0.2, 0.25) is 0 Å². The van der Waals surface area contributed by atoms with Crippen LogP contribution >= 0.6 is 11.6 Å². The van der Waals surface area contributed by atoms with Crippen LogP contribution in [0.5, 0.6) is 0 Å². The average molecular weight is 413 g/mol. The molecule has 0 amide bonds. The molecule has 1 saturated heterocycles. The third-order valence-corrected chi connectivity index (χ3v) is 4.25. The molecule has 12 heteroatoms. The Hall–Kier alpha value is -2.79. The summed E-state index contributed by atoms with van der Waals surface area (Å²) in [6.07, 6.45) is -2.59. The summed E-state index contributed by atoms with van der Waals surface area (Å²) in [5.41, 5.74) is 1.02. The Balaban J connectivity index is 2.01. The molecule has 0 bridgehead atoms. The number of hydrogen-bond donors (Lipinski definition) is 1. The Labute approximate surface area is 163 Å². The predicted octanol–water partition coefficient (Wildman–Crippen LogP) is 0.873. The number of halogens is 1. The van der Waals surface area contributed by atoms with Gasteiger partial charge in [-0.1, -0.05) is 11.6 Å². The lowest BCUT2D eigenvalue weighted by Crippen LogP contribution is -2.40. The Morgan fingerprint density at radius 1 is 1.07 bits per heavy atom. The normalized spacial score (nSPS) is 24.1. The van der Waals surface area contributed by atoms with Crippen LogP contribution in [0.2, 0.25) is 5.15 Å². The molecule has 0 saturated carbocycles. The molecular weight excluding hydrogens is 396 g/mol. The van der Waals surface area contributed by atoms with Crippen molar-refractivity contribution in [3.8, 4) is 0 Å². The molecule has 0 aliphatic carbocycles. The summed E-state index contributed by atoms with van der Waals surface area (Å²) in [5.74, 6) is -1.76. The van der Waals surface area contributed by atoms with Crippen molar-refractivity contribution in [3.05, 3.63) is 17.2 Å². The maximum absolute atomic E-state index is 11.7. The summed E-state index contributed by atoms with van der Waals surface area (Å²) in [5, 5.41) is 6.95. The number of hydrogen-bond acceptors (Lipinski definition) is 10. The number of rotatable bonds is 5. The van der Waals surface area contributed by atoms with E-state index in [2.05, 4.69) is 20.2 Å². The summed E-state index contributed by atoms with van der Waals surface area (Å²) >= 11 is 6.02. The largest absolute Gasteiger partial charge is 0.463 e. The van der Waals surface area contributed by atoms with Gasteiger partial charge in [0.1, 0.15) is 36.2 Å². The second-order valence-corrected chi connectivity index (χ2v) is 6.40. The molecule has 0 spiro atoms. The van der Waals surface area contributed by atoms with E-state index in [1.807, 2.05) is 0 Å². The first-order valence-electron chi connectivity index (χ1n) is 8.25. The molecule has 150 valence electrons. The molecule has 1 aliphatic rings. The molecule has 4 atom stereocenters. The van der Waals surface area contributed by atoms with Gasteiger partial charge in [-0.25, -0.2) is 9.97 Å². The van der Waals surface area contributed by atoms with Crippen molar-refractivity contribution in [2.75, 3.05) is 6.61 Å². The van der Waals surface area contributed by atoms with Gasteiger partial charge in [-0.3, -0.25) is 19.5 Å². The van der Waals surface area contributed by atoms with E-state index < -0.39 is 42.3 Å². The van der Waals surface area contributed by atoms with Crippen molar-refractivity contribution in [1.82, 2.24) is 20.2 Å². The van der Waals surface area contributed by atoms with E-state index in [1.54, 1.807) is 0 Å². The third-order valence-electron chi connectivity index (χ3n) is 3.97. The number of nitrogens with one attached hydrogen (secondary N) is 1. The average Bonchev–Trinajstić information content (AvgIpc) is 3.16. The zero-order valence-corrected chi connectivity index (χ0v) is 15.9. The van der Waals surface area contributed by atoms with Gasteiger partial charge in [0, 0.05) is 20.8 Å². The van der Waals surface area contributed by atoms with Gasteiger partial charge in [0.05, 0.1) is 5.69 Å². The van der Waals surface area contributed by atoms with Crippen LogP contribution in [0, 0.1) is 0 Å². The van der Waals surface area contributed by atoms with Gasteiger partial charge < -0.3 is 18.9 Å². The first-order chi connectivity index (χ1) is 13.3. The number of aromatic nitrogens is 4. The van der Waals surface area contributed by atoms with Gasteiger partial charge in [-0.15, -0.1) is 0 Å². The molecule has 2 aromatic rings. The van der Waals surface area contributed by atoms with Crippen LogP contribution in [0.4, 0.5) is 0 Å². The predicted molar refractivity (Wildman–Crippen MR) is 92.0 cm³/mol. The number of nitrogens with zero attached hydrogens (tertiary/aromatic N) is 3. The number of H-pyrrole nitrogens is 1. The van der Waals surface area contributed by atoms with Crippen LogP contribution in [0.1, 0.15) is 32.6 Å². The quantitative estimate of drug-likeness (QED) is 0.426. The fourth-order valence-corrected chi connectivity index (χ4v) is 3.14. The number of carbonyl (C=O) groups is 3. The van der Waals surface area contributed by atoms with Crippen molar-refractivity contribution in [1.29, 1.82) is 0 Å². The third kappa shape index (κ3) is 4.04. The molecular formula is C16H17ClN4O7. The summed E-state index contributed by atoms with van der Waals surface area (Å²) in [7, 11) is 0. The fourth-order valence-electron chi connectivity index (χ4n) is 2.97. The first kappa shape index (κ1) is 20.0. The van der Waals surface area contributed by atoms with Crippen LogP contribution in [-0.2, 0) is 33.3 Å². The highest BCUT2D eigenvalue weighted by Crippen LogP contribution is 2.39. The van der Waals surface area contributed by atoms with E-state index in [0.717, 1.165) is 0 Å². The molecule has 0 radical (unpaired) electrons. The number of esters is 3. The molecule has 1 N–H and O–H groups in total. The second kappa shape index (κ2) is 8.07. The number of ether oxygens (including phenoxy) is 4. The van der Waals surface area contributed by atoms with Crippen molar-refractivity contribution in [2.24, 2.45) is 0 Å². The monoisotopic (exact) mass is 412 g/mol. The van der Waals surface area contributed by atoms with E-state index in [9.17, 15) is 14.4 Å². The Morgan fingerprint density at radius 2 is 1.75 bits per heavy atom. The first-order valence-corrected chi connectivity index (χ1v) is 8.63. The molecule has 3 heterocycles. The fraction of sp³-hybridized carbons (Fsp3) is 0.500. The van der Waals surface area contributed by atoms with Gasteiger partial charge in [-0.2, -0.15) is 5.10 Å². The smallest absolute Gasteiger partial charge is 0.303 e. The number of aromatic amines is 1. The highest BCUT2D eigenvalue weighted by Gasteiger charge is 2.51. The molecule has 0 unspecified atom stereocenters. The maximum Gasteiger partial charge on any atom is 0.303 e. The minimum Gasteiger partial charge on any atom is -0.463 e. The zero-order valence-electron chi connectivity index (χ0n) is 15.2.